The number of nitrogens with one attached hydrogen (secondary N) is 2. The highest BCUT2D eigenvalue weighted by Crippen LogP contribution is 2.28. The van der Waals surface area contributed by atoms with Gasteiger partial charge in [0.05, 0.1) is 10.9 Å². The maximum atomic E-state index is 12.7. The molecule has 1 amide bonds. The maximum absolute atomic E-state index is 12.7. The van der Waals surface area contributed by atoms with E-state index in [1.807, 2.05) is 12.1 Å². The van der Waals surface area contributed by atoms with E-state index in [4.69, 9.17) is 0 Å². The van der Waals surface area contributed by atoms with Gasteiger partial charge in [-0.3, -0.25) is 14.4 Å². The molecule has 0 bridgehead atoms. The Kier molecular flexibility index (Phi) is 6.70. The molecule has 6 nitrogen and oxygen atoms in total. The largest absolute Gasteiger partial charge is 0.350 e. The average Bonchev–Trinajstić information content (AvgIpc) is 3.49. The number of rotatable bonds is 8. The van der Waals surface area contributed by atoms with Crippen LogP contribution in [-0.4, -0.2) is 38.9 Å². The van der Waals surface area contributed by atoms with Gasteiger partial charge in [-0.15, -0.1) is 11.3 Å². The zero-order valence-electron chi connectivity index (χ0n) is 17.0. The number of para-hydroxylation sites is 1. The first-order chi connectivity index (χ1) is 15.0. The normalized spacial score (nSPS) is 15.5. The molecule has 1 fully saturated rings. The number of amides is 1. The predicted molar refractivity (Wildman–Crippen MR) is 124 cm³/mol. The molecule has 0 saturated carbocycles. The van der Waals surface area contributed by atoms with Gasteiger partial charge >= 0.3 is 0 Å². The van der Waals surface area contributed by atoms with Crippen LogP contribution < -0.4 is 10.0 Å². The highest BCUT2D eigenvalue weighted by molar-refractivity contribution is 7.92. The molecule has 1 atom stereocenters. The second-order valence-corrected chi connectivity index (χ2v) is 10.1. The molecule has 1 aliphatic heterocycles. The quantitative estimate of drug-likeness (QED) is 0.536. The van der Waals surface area contributed by atoms with Crippen LogP contribution in [0.15, 0.2) is 77.0 Å². The predicted octanol–water partition coefficient (Wildman–Crippen LogP) is 4.12. The zero-order chi connectivity index (χ0) is 21.7. The Morgan fingerprint density at radius 2 is 1.68 bits per heavy atom. The number of anilines is 1. The van der Waals surface area contributed by atoms with E-state index in [-0.39, 0.29) is 16.8 Å². The monoisotopic (exact) mass is 455 g/mol. The summed E-state index contributed by atoms with van der Waals surface area (Å²) < 4.78 is 27.7. The van der Waals surface area contributed by atoms with Crippen molar-refractivity contribution in [3.05, 3.63) is 82.6 Å². The van der Waals surface area contributed by atoms with Crippen molar-refractivity contribution in [3.63, 3.8) is 0 Å². The minimum Gasteiger partial charge on any atom is -0.350 e. The summed E-state index contributed by atoms with van der Waals surface area (Å²) in [5.74, 6) is -0.208. The van der Waals surface area contributed by atoms with Gasteiger partial charge in [0.1, 0.15) is 0 Å². The second-order valence-electron chi connectivity index (χ2n) is 7.48. The second kappa shape index (κ2) is 9.64. The average molecular weight is 456 g/mol. The topological polar surface area (TPSA) is 78.5 Å². The lowest BCUT2D eigenvalue weighted by atomic mass is 10.2. The zero-order valence-corrected chi connectivity index (χ0v) is 18.7. The number of benzene rings is 2. The molecule has 0 spiro atoms. The van der Waals surface area contributed by atoms with Crippen LogP contribution in [0.4, 0.5) is 5.69 Å². The molecular weight excluding hydrogens is 430 g/mol. The lowest BCUT2D eigenvalue weighted by Gasteiger charge is -2.27. The van der Waals surface area contributed by atoms with Gasteiger partial charge in [0.2, 0.25) is 0 Å². The smallest absolute Gasteiger partial charge is 0.261 e. The molecule has 4 rings (SSSR count). The van der Waals surface area contributed by atoms with Crippen LogP contribution in [-0.2, 0) is 10.0 Å². The molecule has 0 unspecified atom stereocenters. The molecule has 1 saturated heterocycles. The first kappa shape index (κ1) is 21.5. The summed E-state index contributed by atoms with van der Waals surface area (Å²) in [5, 5.41) is 5.08. The summed E-state index contributed by atoms with van der Waals surface area (Å²) >= 11 is 1.70. The molecule has 2 N–H and O–H groups in total. The molecule has 31 heavy (non-hydrogen) atoms. The highest BCUT2D eigenvalue weighted by atomic mass is 32.2. The summed E-state index contributed by atoms with van der Waals surface area (Å²) in [5.41, 5.74) is 0.927. The van der Waals surface area contributed by atoms with Crippen molar-refractivity contribution in [2.45, 2.75) is 23.8 Å². The molecule has 162 valence electrons. The van der Waals surface area contributed by atoms with Gasteiger partial charge < -0.3 is 5.32 Å². The first-order valence-corrected chi connectivity index (χ1v) is 12.6. The molecule has 1 aliphatic rings. The van der Waals surface area contributed by atoms with E-state index in [2.05, 4.69) is 26.4 Å². The van der Waals surface area contributed by atoms with Crippen molar-refractivity contribution in [3.8, 4) is 0 Å². The molecule has 2 aromatic carbocycles. The van der Waals surface area contributed by atoms with Gasteiger partial charge in [-0.1, -0.05) is 24.3 Å². The van der Waals surface area contributed by atoms with Crippen LogP contribution in [0.2, 0.25) is 0 Å². The Hall–Kier alpha value is -2.68. The van der Waals surface area contributed by atoms with Crippen molar-refractivity contribution < 1.29 is 13.2 Å². The minimum atomic E-state index is -3.71. The fourth-order valence-corrected chi connectivity index (χ4v) is 5.66. The van der Waals surface area contributed by atoms with E-state index in [1.54, 1.807) is 47.7 Å². The summed E-state index contributed by atoms with van der Waals surface area (Å²) in [7, 11) is -3.71. The van der Waals surface area contributed by atoms with Crippen LogP contribution in [0.1, 0.15) is 34.1 Å². The van der Waals surface area contributed by atoms with Crippen LogP contribution in [0.5, 0.6) is 0 Å². The molecule has 0 radical (unpaired) electrons. The summed E-state index contributed by atoms with van der Waals surface area (Å²) in [6.45, 7) is 2.60. The standard InChI is InChI=1S/C23H25N3O3S2/c27-23(24-17-21(22-9-6-16-30-22)26-14-4-5-15-26)18-10-12-20(13-11-18)31(28,29)25-19-7-2-1-3-8-19/h1-3,6-13,16,21,25H,4-5,14-15,17H2,(H,24,27)/t21-/m0/s1. The van der Waals surface area contributed by atoms with Crippen LogP contribution in [0, 0.1) is 0 Å². The summed E-state index contributed by atoms with van der Waals surface area (Å²) in [4.78, 5) is 16.5. The van der Waals surface area contributed by atoms with Gasteiger partial charge in [-0.05, 0) is 73.8 Å². The Labute approximate surface area is 187 Å². The molecule has 8 heteroatoms. The Morgan fingerprint density at radius 1 is 0.968 bits per heavy atom. The van der Waals surface area contributed by atoms with E-state index < -0.39 is 10.0 Å². The lowest BCUT2D eigenvalue weighted by molar-refractivity contribution is 0.0938. The Bertz CT molecular complexity index is 1090. The minimum absolute atomic E-state index is 0.112. The summed E-state index contributed by atoms with van der Waals surface area (Å²) in [6.07, 6.45) is 2.37. The third-order valence-electron chi connectivity index (χ3n) is 5.36. The fourth-order valence-electron chi connectivity index (χ4n) is 3.74. The van der Waals surface area contributed by atoms with E-state index in [9.17, 15) is 13.2 Å². The molecule has 3 aromatic rings. The van der Waals surface area contributed by atoms with Gasteiger partial charge in [-0.25, -0.2) is 8.42 Å². The highest BCUT2D eigenvalue weighted by Gasteiger charge is 2.25. The third-order valence-corrected chi connectivity index (χ3v) is 7.73. The van der Waals surface area contributed by atoms with Crippen molar-refractivity contribution in [2.75, 3.05) is 24.4 Å². The lowest BCUT2D eigenvalue weighted by Crippen LogP contribution is -2.36. The van der Waals surface area contributed by atoms with E-state index in [1.165, 1.54) is 29.9 Å². The van der Waals surface area contributed by atoms with E-state index in [0.29, 0.717) is 17.8 Å². The molecular formula is C23H25N3O3S2. The Morgan fingerprint density at radius 3 is 2.32 bits per heavy atom. The third kappa shape index (κ3) is 5.33. The maximum Gasteiger partial charge on any atom is 0.261 e. The number of thiophene rings is 1. The Balaban J connectivity index is 1.41. The van der Waals surface area contributed by atoms with Crippen molar-refractivity contribution >= 4 is 33.0 Å². The van der Waals surface area contributed by atoms with Gasteiger partial charge in [0, 0.05) is 22.7 Å². The number of hydrogen-bond acceptors (Lipinski definition) is 5. The van der Waals surface area contributed by atoms with Gasteiger partial charge in [0.25, 0.3) is 15.9 Å². The first-order valence-electron chi connectivity index (χ1n) is 10.3. The van der Waals surface area contributed by atoms with Gasteiger partial charge in [0.15, 0.2) is 0 Å². The SMILES string of the molecule is O=C(NC[C@@H](c1cccs1)N1CCCC1)c1ccc(S(=O)(=O)Nc2ccccc2)cc1. The summed E-state index contributed by atoms with van der Waals surface area (Å²) in [6, 6.07) is 19.0. The molecule has 0 aliphatic carbocycles. The van der Waals surface area contributed by atoms with E-state index in [0.717, 1.165) is 13.1 Å². The number of hydrogen-bond donors (Lipinski definition) is 2. The molecule has 2 heterocycles. The number of sulfonamides is 1. The number of carbonyl (C=O) groups is 1. The number of likely N-dealkylation sites (tertiary alicyclic amines) is 1. The number of nitrogens with zero attached hydrogens (tertiary/aromatic N) is 1. The van der Waals surface area contributed by atoms with Crippen molar-refractivity contribution in [1.29, 1.82) is 0 Å². The van der Waals surface area contributed by atoms with Crippen molar-refractivity contribution in [1.82, 2.24) is 10.2 Å². The number of carbonyl (C=O) groups excluding carboxylic acids is 1. The van der Waals surface area contributed by atoms with Crippen LogP contribution in [0.3, 0.4) is 0 Å². The molecule has 1 aromatic heterocycles. The van der Waals surface area contributed by atoms with Gasteiger partial charge in [-0.2, -0.15) is 0 Å². The van der Waals surface area contributed by atoms with E-state index >= 15 is 0 Å². The van der Waals surface area contributed by atoms with Crippen LogP contribution in [0.25, 0.3) is 0 Å². The van der Waals surface area contributed by atoms with Crippen LogP contribution >= 0.6 is 11.3 Å². The fraction of sp³-hybridized carbons (Fsp3) is 0.261. The van der Waals surface area contributed by atoms with Crippen molar-refractivity contribution in [2.24, 2.45) is 0 Å².